The molecule has 0 bridgehead atoms. The normalized spacial score (nSPS) is 21.9. The van der Waals surface area contributed by atoms with Crippen LogP contribution in [0.2, 0.25) is 0 Å². The van der Waals surface area contributed by atoms with Gasteiger partial charge in [-0.2, -0.15) is 0 Å². The summed E-state index contributed by atoms with van der Waals surface area (Å²) in [4.78, 5) is 21.9. The highest BCUT2D eigenvalue weighted by atomic mass is 32.2. The van der Waals surface area contributed by atoms with Crippen molar-refractivity contribution in [1.82, 2.24) is 14.6 Å². The number of piperidine rings is 1. The highest BCUT2D eigenvalue weighted by Crippen LogP contribution is 2.30. The third-order valence-electron chi connectivity index (χ3n) is 5.62. The fourth-order valence-corrected chi connectivity index (χ4v) is 5.73. The molecular formula is C18H30N4O3S2. The molecule has 0 spiro atoms. The molecule has 152 valence electrons. The molecule has 0 aromatic carbocycles. The van der Waals surface area contributed by atoms with Crippen molar-refractivity contribution >= 4 is 32.4 Å². The Morgan fingerprint density at radius 1 is 1.26 bits per heavy atom. The molecule has 1 saturated heterocycles. The Morgan fingerprint density at radius 2 is 1.93 bits per heavy atom. The van der Waals surface area contributed by atoms with Crippen molar-refractivity contribution in [3.05, 3.63) is 11.6 Å². The van der Waals surface area contributed by atoms with E-state index in [1.165, 1.54) is 24.0 Å². The number of carbonyl (C=O) groups excluding carboxylic acids is 1. The topological polar surface area (TPSA) is 82.6 Å². The zero-order valence-electron chi connectivity index (χ0n) is 16.1. The second-order valence-electron chi connectivity index (χ2n) is 7.69. The predicted octanol–water partition coefficient (Wildman–Crippen LogP) is 2.21. The number of aromatic nitrogens is 1. The first-order valence-electron chi connectivity index (χ1n) is 9.79. The average Bonchev–Trinajstić information content (AvgIpc) is 3.15. The number of likely N-dealkylation sites (tertiary alicyclic amines) is 1. The summed E-state index contributed by atoms with van der Waals surface area (Å²) in [7, 11) is -3.19. The molecule has 1 aliphatic heterocycles. The number of carbonyl (C=O) groups is 1. The van der Waals surface area contributed by atoms with Gasteiger partial charge in [-0.1, -0.05) is 19.3 Å². The van der Waals surface area contributed by atoms with E-state index in [-0.39, 0.29) is 24.0 Å². The van der Waals surface area contributed by atoms with Crippen LogP contribution >= 0.6 is 11.3 Å². The summed E-state index contributed by atoms with van der Waals surface area (Å²) in [6.07, 6.45) is 10.1. The van der Waals surface area contributed by atoms with Crippen LogP contribution in [0.25, 0.3) is 0 Å². The maximum atomic E-state index is 13.4. The lowest BCUT2D eigenvalue weighted by Gasteiger charge is -2.39. The maximum Gasteiger partial charge on any atom is 0.246 e. The molecule has 1 atom stereocenters. The number of anilines is 1. The number of amides is 1. The second-order valence-corrected chi connectivity index (χ2v) is 10.3. The molecule has 7 nitrogen and oxygen atoms in total. The smallest absolute Gasteiger partial charge is 0.246 e. The summed E-state index contributed by atoms with van der Waals surface area (Å²) in [5.41, 5.74) is 0. The third kappa shape index (κ3) is 5.49. The molecule has 2 heterocycles. The summed E-state index contributed by atoms with van der Waals surface area (Å²) in [5.74, 6) is 0.117. The van der Waals surface area contributed by atoms with Gasteiger partial charge in [0.15, 0.2) is 5.13 Å². The molecular weight excluding hydrogens is 384 g/mol. The maximum absolute atomic E-state index is 13.4. The first kappa shape index (κ1) is 20.7. The fourth-order valence-electron chi connectivity index (χ4n) is 4.17. The molecule has 27 heavy (non-hydrogen) atoms. The second kappa shape index (κ2) is 8.98. The van der Waals surface area contributed by atoms with Crippen LogP contribution in [0.15, 0.2) is 11.6 Å². The van der Waals surface area contributed by atoms with E-state index in [2.05, 4.69) is 14.6 Å². The lowest BCUT2D eigenvalue weighted by Crippen LogP contribution is -2.54. The van der Waals surface area contributed by atoms with E-state index < -0.39 is 10.0 Å². The van der Waals surface area contributed by atoms with Crippen molar-refractivity contribution in [3.63, 3.8) is 0 Å². The Bertz CT molecular complexity index is 709. The van der Waals surface area contributed by atoms with Gasteiger partial charge in [-0.05, 0) is 32.6 Å². The van der Waals surface area contributed by atoms with E-state index in [9.17, 15) is 13.2 Å². The van der Waals surface area contributed by atoms with Crippen molar-refractivity contribution in [1.29, 1.82) is 0 Å². The third-order valence-corrected chi connectivity index (χ3v) is 7.15. The molecule has 1 amide bonds. The number of nitrogens with one attached hydrogen (secondary N) is 1. The number of hydrogen-bond acceptors (Lipinski definition) is 6. The number of rotatable bonds is 6. The van der Waals surface area contributed by atoms with Crippen LogP contribution in [0, 0.1) is 0 Å². The van der Waals surface area contributed by atoms with Gasteiger partial charge in [0.05, 0.1) is 12.3 Å². The minimum absolute atomic E-state index is 0.0352. The average molecular weight is 415 g/mol. The Morgan fingerprint density at radius 3 is 2.48 bits per heavy atom. The minimum atomic E-state index is -3.19. The van der Waals surface area contributed by atoms with E-state index >= 15 is 0 Å². The van der Waals surface area contributed by atoms with E-state index in [1.54, 1.807) is 6.20 Å². The SMILES string of the molecule is CC(C(=O)N(c1nccs1)C1CCCCC1)N1CCC(NS(C)(=O)=O)CC1. The van der Waals surface area contributed by atoms with Gasteiger partial charge < -0.3 is 0 Å². The molecule has 0 radical (unpaired) electrons. The van der Waals surface area contributed by atoms with Gasteiger partial charge in [-0.15, -0.1) is 11.3 Å². The first-order chi connectivity index (χ1) is 12.8. The van der Waals surface area contributed by atoms with E-state index in [0.717, 1.165) is 56.7 Å². The molecule has 1 aliphatic carbocycles. The Kier molecular flexibility index (Phi) is 6.88. The Balaban J connectivity index is 1.65. The molecule has 3 rings (SSSR count). The summed E-state index contributed by atoms with van der Waals surface area (Å²) in [6, 6.07) is -0.0220. The standard InChI is InChI=1S/C18H30N4O3S2/c1-14(21-11-8-15(9-12-21)20-27(2,24)25)17(23)22(18-19-10-13-26-18)16-6-4-3-5-7-16/h10,13-16,20H,3-9,11-12H2,1-2H3. The highest BCUT2D eigenvalue weighted by molar-refractivity contribution is 7.88. The van der Waals surface area contributed by atoms with Crippen LogP contribution in [0.1, 0.15) is 51.9 Å². The van der Waals surface area contributed by atoms with Crippen LogP contribution < -0.4 is 9.62 Å². The molecule has 1 aromatic rings. The monoisotopic (exact) mass is 414 g/mol. The number of thiazole rings is 1. The van der Waals surface area contributed by atoms with Gasteiger partial charge >= 0.3 is 0 Å². The van der Waals surface area contributed by atoms with E-state index in [4.69, 9.17) is 0 Å². The van der Waals surface area contributed by atoms with Crippen molar-refractivity contribution in [2.45, 2.75) is 70.0 Å². The number of sulfonamides is 1. The van der Waals surface area contributed by atoms with Crippen LogP contribution in [0.3, 0.4) is 0 Å². The van der Waals surface area contributed by atoms with Crippen molar-refractivity contribution in [2.75, 3.05) is 24.2 Å². The first-order valence-corrected chi connectivity index (χ1v) is 12.6. The van der Waals surface area contributed by atoms with E-state index in [1.807, 2.05) is 17.2 Å². The number of hydrogen-bond donors (Lipinski definition) is 1. The van der Waals surface area contributed by atoms with Gasteiger partial charge in [0.1, 0.15) is 0 Å². The molecule has 1 N–H and O–H groups in total. The van der Waals surface area contributed by atoms with E-state index in [0.29, 0.717) is 0 Å². The quantitative estimate of drug-likeness (QED) is 0.772. The Hall–Kier alpha value is -1.03. The molecule has 1 unspecified atom stereocenters. The van der Waals surface area contributed by atoms with Gasteiger partial charge in [0.2, 0.25) is 15.9 Å². The summed E-state index contributed by atoms with van der Waals surface area (Å²) in [6.45, 7) is 3.41. The van der Waals surface area contributed by atoms with Gasteiger partial charge in [0.25, 0.3) is 0 Å². The van der Waals surface area contributed by atoms with Gasteiger partial charge in [-0.25, -0.2) is 18.1 Å². The highest BCUT2D eigenvalue weighted by Gasteiger charge is 2.35. The molecule has 1 saturated carbocycles. The van der Waals surface area contributed by atoms with Crippen LogP contribution in [0.4, 0.5) is 5.13 Å². The Labute approximate surface area is 166 Å². The van der Waals surface area contributed by atoms with Crippen molar-refractivity contribution < 1.29 is 13.2 Å². The molecule has 9 heteroatoms. The minimum Gasteiger partial charge on any atom is -0.292 e. The molecule has 1 aromatic heterocycles. The lowest BCUT2D eigenvalue weighted by molar-refractivity contribution is -0.124. The summed E-state index contributed by atoms with van der Waals surface area (Å²) < 4.78 is 25.5. The van der Waals surface area contributed by atoms with Crippen LogP contribution in [0.5, 0.6) is 0 Å². The van der Waals surface area contributed by atoms with Crippen molar-refractivity contribution in [3.8, 4) is 0 Å². The zero-order valence-corrected chi connectivity index (χ0v) is 17.8. The van der Waals surface area contributed by atoms with Gasteiger partial charge in [0, 0.05) is 36.8 Å². The van der Waals surface area contributed by atoms with Crippen LogP contribution in [-0.4, -0.2) is 61.7 Å². The fraction of sp³-hybridized carbons (Fsp3) is 0.778. The number of nitrogens with zero attached hydrogens (tertiary/aromatic N) is 3. The summed E-state index contributed by atoms with van der Waals surface area (Å²) in [5, 5.41) is 2.72. The predicted molar refractivity (Wildman–Crippen MR) is 109 cm³/mol. The largest absolute Gasteiger partial charge is 0.292 e. The van der Waals surface area contributed by atoms with Gasteiger partial charge in [-0.3, -0.25) is 14.6 Å². The van der Waals surface area contributed by atoms with Crippen molar-refractivity contribution in [2.24, 2.45) is 0 Å². The summed E-state index contributed by atoms with van der Waals surface area (Å²) >= 11 is 1.52. The molecule has 2 fully saturated rings. The lowest BCUT2D eigenvalue weighted by atomic mass is 9.94. The molecule has 2 aliphatic rings. The zero-order chi connectivity index (χ0) is 19.4. The van der Waals surface area contributed by atoms with Crippen LogP contribution in [-0.2, 0) is 14.8 Å².